The molecule has 1 unspecified atom stereocenters. The maximum atomic E-state index is 13.4. The Bertz CT molecular complexity index is 1140. The smallest absolute Gasteiger partial charge is 0.251 e. The van der Waals surface area contributed by atoms with E-state index >= 15 is 0 Å². The predicted molar refractivity (Wildman–Crippen MR) is 136 cm³/mol. The summed E-state index contributed by atoms with van der Waals surface area (Å²) in [7, 11) is 2.02. The van der Waals surface area contributed by atoms with Crippen molar-refractivity contribution in [1.82, 2.24) is 20.5 Å². The van der Waals surface area contributed by atoms with Gasteiger partial charge < -0.3 is 15.5 Å². The summed E-state index contributed by atoms with van der Waals surface area (Å²) < 4.78 is 0. The lowest BCUT2D eigenvalue weighted by molar-refractivity contribution is -0.119. The van der Waals surface area contributed by atoms with Gasteiger partial charge in [0.25, 0.3) is 5.91 Å². The summed E-state index contributed by atoms with van der Waals surface area (Å²) >= 11 is 6.10. The minimum atomic E-state index is -0.169. The summed E-state index contributed by atoms with van der Waals surface area (Å²) in [5, 5.41) is 13.1. The quantitative estimate of drug-likeness (QED) is 0.650. The average molecular weight is 480 g/mol. The van der Waals surface area contributed by atoms with Gasteiger partial charge in [-0.15, -0.1) is 0 Å². The number of allylic oxidation sites excluding steroid dienone is 2. The van der Waals surface area contributed by atoms with E-state index < -0.39 is 0 Å². The highest BCUT2D eigenvalue weighted by atomic mass is 35.5. The number of hydrazone groups is 1. The molecule has 2 amide bonds. The molecule has 3 aliphatic heterocycles. The van der Waals surface area contributed by atoms with Crippen molar-refractivity contribution in [3.63, 3.8) is 0 Å². The van der Waals surface area contributed by atoms with Gasteiger partial charge in [0.15, 0.2) is 0 Å². The maximum absolute atomic E-state index is 13.4. The van der Waals surface area contributed by atoms with Gasteiger partial charge >= 0.3 is 0 Å². The minimum absolute atomic E-state index is 0.0380. The molecule has 34 heavy (non-hydrogen) atoms. The first kappa shape index (κ1) is 23.8. The molecule has 178 valence electrons. The molecule has 7 nitrogen and oxygen atoms in total. The normalized spacial score (nSPS) is 20.0. The van der Waals surface area contributed by atoms with E-state index in [1.807, 2.05) is 55.4 Å². The standard InChI is InChI=1S/C26H30ClN5O2/c1-16(2)32-26-22(15-30-32)21(14-23(31(26)4)18-5-7-20(27)8-6-18)25(34)29-12-10-19-13-24(33)28-11-9-17(19)3/h5-9,11,14-16,26H,10,12-13H2,1-4H3,(H,28,33)(H,29,34). The fourth-order valence-electron chi connectivity index (χ4n) is 4.44. The number of nitrogens with one attached hydrogen (secondary N) is 2. The van der Waals surface area contributed by atoms with Gasteiger partial charge in [-0.05, 0) is 62.6 Å². The zero-order valence-electron chi connectivity index (χ0n) is 19.9. The number of halogens is 1. The molecule has 0 spiro atoms. The van der Waals surface area contributed by atoms with Crippen molar-refractivity contribution in [2.75, 3.05) is 13.6 Å². The van der Waals surface area contributed by atoms with Gasteiger partial charge in [0.2, 0.25) is 5.91 Å². The van der Waals surface area contributed by atoms with E-state index in [0.29, 0.717) is 30.0 Å². The number of carbonyl (C=O) groups is 2. The topological polar surface area (TPSA) is 77.0 Å². The van der Waals surface area contributed by atoms with Gasteiger partial charge in [-0.1, -0.05) is 29.3 Å². The van der Waals surface area contributed by atoms with Crippen LogP contribution in [0.25, 0.3) is 5.70 Å². The molecule has 0 saturated heterocycles. The van der Waals surface area contributed by atoms with Gasteiger partial charge in [0.05, 0.1) is 11.8 Å². The van der Waals surface area contributed by atoms with Crippen LogP contribution in [0.3, 0.4) is 0 Å². The van der Waals surface area contributed by atoms with Crippen molar-refractivity contribution >= 4 is 35.3 Å². The van der Waals surface area contributed by atoms with E-state index in [1.165, 1.54) is 0 Å². The van der Waals surface area contributed by atoms with Gasteiger partial charge in [0.1, 0.15) is 6.17 Å². The Hall–Kier alpha value is -3.32. The number of benzene rings is 1. The summed E-state index contributed by atoms with van der Waals surface area (Å²) in [6.07, 6.45) is 8.05. The lowest BCUT2D eigenvalue weighted by atomic mass is 9.95. The Balaban J connectivity index is 1.59. The van der Waals surface area contributed by atoms with Crippen LogP contribution < -0.4 is 10.6 Å². The molecule has 8 heteroatoms. The number of carbonyl (C=O) groups excluding carboxylic acids is 2. The highest BCUT2D eigenvalue weighted by molar-refractivity contribution is 6.30. The monoisotopic (exact) mass is 479 g/mol. The van der Waals surface area contributed by atoms with Crippen LogP contribution in [-0.4, -0.2) is 53.7 Å². The van der Waals surface area contributed by atoms with Gasteiger partial charge in [-0.25, -0.2) is 0 Å². The van der Waals surface area contributed by atoms with Crippen molar-refractivity contribution in [2.45, 2.75) is 45.8 Å². The third-order valence-corrected chi connectivity index (χ3v) is 6.59. The Labute approximate surface area is 205 Å². The van der Waals surface area contributed by atoms with Gasteiger partial charge in [0, 0.05) is 48.5 Å². The number of rotatable bonds is 6. The Morgan fingerprint density at radius 3 is 2.74 bits per heavy atom. The van der Waals surface area contributed by atoms with E-state index in [2.05, 4.69) is 34.5 Å². The van der Waals surface area contributed by atoms with E-state index in [-0.39, 0.29) is 24.0 Å². The van der Waals surface area contributed by atoms with Gasteiger partial charge in [-0.3, -0.25) is 14.6 Å². The number of nitrogens with zero attached hydrogens (tertiary/aromatic N) is 3. The second-order valence-corrected chi connectivity index (χ2v) is 9.41. The highest BCUT2D eigenvalue weighted by Crippen LogP contribution is 2.36. The summed E-state index contributed by atoms with van der Waals surface area (Å²) in [4.78, 5) is 27.4. The van der Waals surface area contributed by atoms with E-state index in [4.69, 9.17) is 11.6 Å². The van der Waals surface area contributed by atoms with Gasteiger partial charge in [-0.2, -0.15) is 5.10 Å². The summed E-state index contributed by atoms with van der Waals surface area (Å²) in [6, 6.07) is 7.78. The molecule has 0 fully saturated rings. The second-order valence-electron chi connectivity index (χ2n) is 8.98. The molecule has 0 saturated carbocycles. The first-order chi connectivity index (χ1) is 16.3. The van der Waals surface area contributed by atoms with E-state index in [1.54, 1.807) is 12.4 Å². The third kappa shape index (κ3) is 4.80. The zero-order valence-corrected chi connectivity index (χ0v) is 20.7. The molecule has 1 aromatic rings. The van der Waals surface area contributed by atoms with Crippen molar-refractivity contribution in [3.05, 3.63) is 75.5 Å². The maximum Gasteiger partial charge on any atom is 0.251 e. The molecule has 4 rings (SSSR count). The van der Waals surface area contributed by atoms with Crippen molar-refractivity contribution in [3.8, 4) is 0 Å². The average Bonchev–Trinajstić information content (AvgIpc) is 3.18. The van der Waals surface area contributed by atoms with Crippen LogP contribution in [-0.2, 0) is 9.59 Å². The summed E-state index contributed by atoms with van der Waals surface area (Å²) in [6.45, 7) is 6.60. The molecular formula is C26H30ClN5O2. The Kier molecular flexibility index (Phi) is 6.93. The molecule has 0 bridgehead atoms. The summed E-state index contributed by atoms with van der Waals surface area (Å²) in [5.74, 6) is -0.188. The summed E-state index contributed by atoms with van der Waals surface area (Å²) in [5.41, 5.74) is 5.45. The van der Waals surface area contributed by atoms with Crippen LogP contribution in [0.4, 0.5) is 0 Å². The van der Waals surface area contributed by atoms with E-state index in [0.717, 1.165) is 28.0 Å². The molecule has 1 atom stereocenters. The lowest BCUT2D eigenvalue weighted by Crippen LogP contribution is -2.47. The molecule has 2 N–H and O–H groups in total. The van der Waals surface area contributed by atoms with Crippen molar-refractivity contribution in [1.29, 1.82) is 0 Å². The number of fused-ring (bicyclic) bond motifs is 1. The van der Waals surface area contributed by atoms with Crippen molar-refractivity contribution in [2.24, 2.45) is 5.10 Å². The molecule has 0 aliphatic carbocycles. The van der Waals surface area contributed by atoms with Crippen LogP contribution in [0.5, 0.6) is 0 Å². The third-order valence-electron chi connectivity index (χ3n) is 6.33. The number of likely N-dealkylation sites (N-methyl/N-ethyl adjacent to an activating group) is 1. The first-order valence-electron chi connectivity index (χ1n) is 11.5. The number of amides is 2. The molecule has 0 radical (unpaired) electrons. The molecule has 0 aromatic heterocycles. The Morgan fingerprint density at radius 2 is 2.03 bits per heavy atom. The lowest BCUT2D eigenvalue weighted by Gasteiger charge is -2.40. The molecule has 1 aromatic carbocycles. The minimum Gasteiger partial charge on any atom is -0.352 e. The highest BCUT2D eigenvalue weighted by Gasteiger charge is 2.38. The fraction of sp³-hybridized carbons (Fsp3) is 0.346. The second kappa shape index (κ2) is 9.89. The zero-order chi connectivity index (χ0) is 24.4. The van der Waals surface area contributed by atoms with E-state index in [9.17, 15) is 9.59 Å². The predicted octanol–water partition coefficient (Wildman–Crippen LogP) is 3.82. The Morgan fingerprint density at radius 1 is 1.29 bits per heavy atom. The molecular weight excluding hydrogens is 450 g/mol. The van der Waals surface area contributed by atoms with Crippen LogP contribution in [0.1, 0.15) is 39.2 Å². The number of hydrogen-bond acceptors (Lipinski definition) is 5. The van der Waals surface area contributed by atoms with Crippen LogP contribution >= 0.6 is 11.6 Å². The number of hydrogen-bond donors (Lipinski definition) is 2. The van der Waals surface area contributed by atoms with Crippen molar-refractivity contribution < 1.29 is 9.59 Å². The van der Waals surface area contributed by atoms with Crippen LogP contribution in [0.2, 0.25) is 5.02 Å². The largest absolute Gasteiger partial charge is 0.352 e. The molecule has 3 aliphatic rings. The SMILES string of the molecule is CC1=C(CCNC(=O)C2=C3C=NN(C(C)C)C3N(C)C(c3ccc(Cl)cc3)=C2)CC(=O)NC=C1. The fourth-order valence-corrected chi connectivity index (χ4v) is 4.56. The molecule has 3 heterocycles. The van der Waals surface area contributed by atoms with Crippen LogP contribution in [0.15, 0.2) is 70.0 Å². The first-order valence-corrected chi connectivity index (χ1v) is 11.8. The van der Waals surface area contributed by atoms with Crippen LogP contribution in [0, 0.1) is 0 Å².